The van der Waals surface area contributed by atoms with E-state index in [1.165, 1.54) is 0 Å². The number of nitrogens with one attached hydrogen (secondary N) is 2. The molecule has 1 aliphatic rings. The van der Waals surface area contributed by atoms with E-state index in [0.29, 0.717) is 29.4 Å². The van der Waals surface area contributed by atoms with Crippen molar-refractivity contribution in [2.45, 2.75) is 44.0 Å². The highest BCUT2D eigenvalue weighted by Gasteiger charge is 2.35. The summed E-state index contributed by atoms with van der Waals surface area (Å²) in [6.45, 7) is 4.77. The zero-order chi connectivity index (χ0) is 14.0. The average molecular weight is 286 g/mol. The quantitative estimate of drug-likeness (QED) is 0.858. The van der Waals surface area contributed by atoms with E-state index < -0.39 is 10.0 Å². The Morgan fingerprint density at radius 1 is 1.42 bits per heavy atom. The molecular weight excluding hydrogens is 264 g/mol. The molecule has 1 unspecified atom stereocenters. The van der Waals surface area contributed by atoms with Crippen molar-refractivity contribution in [3.8, 4) is 0 Å². The summed E-state index contributed by atoms with van der Waals surface area (Å²) < 4.78 is 27.3. The lowest BCUT2D eigenvalue weighted by Gasteiger charge is -2.34. The van der Waals surface area contributed by atoms with Gasteiger partial charge in [0.15, 0.2) is 0 Å². The first kappa shape index (κ1) is 14.5. The maximum atomic E-state index is 12.8. The summed E-state index contributed by atoms with van der Waals surface area (Å²) in [6.07, 6.45) is 2.92. The first-order valence-corrected chi connectivity index (χ1v) is 8.10. The van der Waals surface area contributed by atoms with Crippen LogP contribution in [0.25, 0.3) is 0 Å². The van der Waals surface area contributed by atoms with Gasteiger partial charge in [-0.3, -0.25) is 5.10 Å². The highest BCUT2D eigenvalue weighted by Crippen LogP contribution is 2.27. The molecule has 1 atom stereocenters. The molecule has 1 saturated heterocycles. The second-order valence-corrected chi connectivity index (χ2v) is 6.91. The molecule has 0 spiro atoms. The van der Waals surface area contributed by atoms with E-state index >= 15 is 0 Å². The van der Waals surface area contributed by atoms with E-state index in [4.69, 9.17) is 0 Å². The third kappa shape index (κ3) is 2.68. The van der Waals surface area contributed by atoms with Gasteiger partial charge in [-0.2, -0.15) is 9.40 Å². The van der Waals surface area contributed by atoms with Gasteiger partial charge >= 0.3 is 0 Å². The molecule has 1 aromatic rings. The minimum atomic E-state index is -3.45. The molecule has 19 heavy (non-hydrogen) atoms. The van der Waals surface area contributed by atoms with Crippen molar-refractivity contribution in [1.29, 1.82) is 0 Å². The summed E-state index contributed by atoms with van der Waals surface area (Å²) in [5, 5.41) is 9.84. The van der Waals surface area contributed by atoms with E-state index in [9.17, 15) is 8.42 Å². The number of rotatable bonds is 4. The average Bonchev–Trinajstić information content (AvgIpc) is 2.70. The van der Waals surface area contributed by atoms with Crippen molar-refractivity contribution in [3.63, 3.8) is 0 Å². The van der Waals surface area contributed by atoms with Gasteiger partial charge in [-0.15, -0.1) is 0 Å². The van der Waals surface area contributed by atoms with Crippen molar-refractivity contribution in [2.75, 3.05) is 20.1 Å². The van der Waals surface area contributed by atoms with E-state index in [2.05, 4.69) is 15.5 Å². The number of piperidine rings is 1. The summed E-state index contributed by atoms with van der Waals surface area (Å²) in [5.74, 6) is 0. The van der Waals surface area contributed by atoms with Crippen molar-refractivity contribution >= 4 is 10.0 Å². The predicted molar refractivity (Wildman–Crippen MR) is 73.5 cm³/mol. The lowest BCUT2D eigenvalue weighted by molar-refractivity contribution is 0.249. The van der Waals surface area contributed by atoms with E-state index in [1.807, 2.05) is 7.05 Å². The lowest BCUT2D eigenvalue weighted by Crippen LogP contribution is -2.48. The first-order valence-electron chi connectivity index (χ1n) is 6.66. The minimum Gasteiger partial charge on any atom is -0.318 e. The number of hydrogen-bond acceptors (Lipinski definition) is 4. The van der Waals surface area contributed by atoms with Gasteiger partial charge in [0.25, 0.3) is 0 Å². The van der Waals surface area contributed by atoms with Gasteiger partial charge in [0.05, 0.1) is 11.4 Å². The Balaban J connectivity index is 2.37. The molecule has 1 fully saturated rings. The van der Waals surface area contributed by atoms with Gasteiger partial charge in [-0.1, -0.05) is 6.42 Å². The number of likely N-dealkylation sites (N-methyl/N-ethyl adjacent to an activating group) is 1. The van der Waals surface area contributed by atoms with Gasteiger partial charge < -0.3 is 5.32 Å². The van der Waals surface area contributed by atoms with Crippen molar-refractivity contribution < 1.29 is 8.42 Å². The van der Waals surface area contributed by atoms with Gasteiger partial charge in [0, 0.05) is 19.1 Å². The highest BCUT2D eigenvalue weighted by atomic mass is 32.2. The summed E-state index contributed by atoms with van der Waals surface area (Å²) in [7, 11) is -1.60. The molecule has 7 heteroatoms. The van der Waals surface area contributed by atoms with Crippen molar-refractivity contribution in [1.82, 2.24) is 19.8 Å². The Morgan fingerprint density at radius 2 is 2.16 bits per heavy atom. The summed E-state index contributed by atoms with van der Waals surface area (Å²) >= 11 is 0. The zero-order valence-electron chi connectivity index (χ0n) is 11.7. The lowest BCUT2D eigenvalue weighted by atomic mass is 10.1. The Morgan fingerprint density at radius 3 is 2.74 bits per heavy atom. The molecule has 0 aliphatic carbocycles. The van der Waals surface area contributed by atoms with Crippen LogP contribution in [0.15, 0.2) is 4.90 Å². The number of H-pyrrole nitrogens is 1. The highest BCUT2D eigenvalue weighted by molar-refractivity contribution is 7.89. The second kappa shape index (κ2) is 5.60. The molecule has 0 radical (unpaired) electrons. The van der Waals surface area contributed by atoms with Crippen LogP contribution >= 0.6 is 0 Å². The largest absolute Gasteiger partial charge is 0.318 e. The van der Waals surface area contributed by atoms with Crippen LogP contribution in [0.5, 0.6) is 0 Å². The Hall–Kier alpha value is -0.920. The fourth-order valence-electron chi connectivity index (χ4n) is 2.77. The normalized spacial score (nSPS) is 21.7. The number of aryl methyl sites for hydroxylation is 2. The van der Waals surface area contributed by atoms with Gasteiger partial charge in [0.2, 0.25) is 10.0 Å². The van der Waals surface area contributed by atoms with Crippen LogP contribution < -0.4 is 5.32 Å². The molecule has 1 aliphatic heterocycles. The third-order valence-electron chi connectivity index (χ3n) is 3.64. The maximum absolute atomic E-state index is 12.8. The summed E-state index contributed by atoms with van der Waals surface area (Å²) in [5.41, 5.74) is 1.16. The second-order valence-electron chi connectivity index (χ2n) is 5.09. The van der Waals surface area contributed by atoms with Crippen molar-refractivity contribution in [2.24, 2.45) is 0 Å². The Bertz CT molecular complexity index is 516. The molecule has 1 aromatic heterocycles. The third-order valence-corrected chi connectivity index (χ3v) is 5.86. The van der Waals surface area contributed by atoms with Crippen LogP contribution in [0, 0.1) is 13.8 Å². The minimum absolute atomic E-state index is 0.0393. The van der Waals surface area contributed by atoms with Crippen LogP contribution in [0.2, 0.25) is 0 Å². The number of aromatic nitrogens is 2. The smallest absolute Gasteiger partial charge is 0.247 e. The monoisotopic (exact) mass is 286 g/mol. The first-order chi connectivity index (χ1) is 8.98. The zero-order valence-corrected chi connectivity index (χ0v) is 12.5. The number of hydrogen-bond donors (Lipinski definition) is 2. The SMILES string of the molecule is CNCC1CCCCN1S(=O)(=O)c1c(C)n[nH]c1C. The molecular formula is C12H22N4O2S. The van der Waals surface area contributed by atoms with E-state index in [1.54, 1.807) is 18.2 Å². The number of aromatic amines is 1. The Labute approximate surface area is 114 Å². The summed E-state index contributed by atoms with van der Waals surface area (Å²) in [6, 6.07) is 0.0393. The molecule has 108 valence electrons. The molecule has 6 nitrogen and oxygen atoms in total. The van der Waals surface area contributed by atoms with Crippen LogP contribution in [-0.4, -0.2) is 49.1 Å². The fourth-order valence-corrected chi connectivity index (χ4v) is 4.80. The van der Waals surface area contributed by atoms with Crippen LogP contribution in [-0.2, 0) is 10.0 Å². The Kier molecular flexibility index (Phi) is 4.27. The number of sulfonamides is 1. The standard InChI is InChI=1S/C12H22N4O2S/c1-9-12(10(2)15-14-9)19(17,18)16-7-5-4-6-11(16)8-13-3/h11,13H,4-8H2,1-3H3,(H,14,15). The maximum Gasteiger partial charge on any atom is 0.247 e. The van der Waals surface area contributed by atoms with Gasteiger partial charge in [-0.05, 0) is 33.7 Å². The molecule has 2 rings (SSSR count). The fraction of sp³-hybridized carbons (Fsp3) is 0.750. The van der Waals surface area contributed by atoms with Crippen LogP contribution in [0.3, 0.4) is 0 Å². The van der Waals surface area contributed by atoms with Gasteiger partial charge in [0.1, 0.15) is 4.90 Å². The molecule has 0 saturated carbocycles. The predicted octanol–water partition coefficient (Wildman–Crippen LogP) is 0.789. The molecule has 0 amide bonds. The molecule has 2 N–H and O–H groups in total. The summed E-state index contributed by atoms with van der Waals surface area (Å²) in [4.78, 5) is 0.343. The van der Waals surface area contributed by atoms with Gasteiger partial charge in [-0.25, -0.2) is 8.42 Å². The van der Waals surface area contributed by atoms with E-state index in [-0.39, 0.29) is 6.04 Å². The van der Waals surface area contributed by atoms with Crippen molar-refractivity contribution in [3.05, 3.63) is 11.4 Å². The molecule has 0 bridgehead atoms. The van der Waals surface area contributed by atoms with Crippen LogP contribution in [0.4, 0.5) is 0 Å². The number of nitrogens with zero attached hydrogens (tertiary/aromatic N) is 2. The molecule has 2 heterocycles. The van der Waals surface area contributed by atoms with E-state index in [0.717, 1.165) is 19.3 Å². The topological polar surface area (TPSA) is 78.1 Å². The van der Waals surface area contributed by atoms with Crippen LogP contribution in [0.1, 0.15) is 30.7 Å². The molecule has 0 aromatic carbocycles.